The summed E-state index contributed by atoms with van der Waals surface area (Å²) < 4.78 is 30.5. The molecule has 28 heavy (non-hydrogen) atoms. The summed E-state index contributed by atoms with van der Waals surface area (Å²) in [5.74, 6) is 0.517. The molecule has 4 heterocycles. The smallest absolute Gasteiger partial charge is 0.252 e. The van der Waals surface area contributed by atoms with E-state index in [1.54, 1.807) is 35.3 Å². The van der Waals surface area contributed by atoms with Crippen molar-refractivity contribution in [1.29, 1.82) is 0 Å². The molecule has 8 nitrogen and oxygen atoms in total. The van der Waals surface area contributed by atoms with E-state index in [1.165, 1.54) is 0 Å². The predicted octanol–water partition coefficient (Wildman–Crippen LogP) is 2.58. The summed E-state index contributed by atoms with van der Waals surface area (Å²) in [6.07, 6.45) is 4.06. The van der Waals surface area contributed by atoms with Crippen LogP contribution in [0.15, 0.2) is 35.1 Å². The number of carbonyl (C=O) groups excluding carboxylic acids is 1. The number of rotatable bonds is 4. The maximum absolute atomic E-state index is 13.0. The zero-order chi connectivity index (χ0) is 19.9. The standard InChI is InChI=1S/C19H22N4O4S/c1-12(2)23-18-15(11-20-23)14(10-16(22-18)17-4-3-7-27-17)19(24)21-13-5-8-28(25,26)9-6-13/h3-4,7,10-13H,5-6,8-9H2,1-2H3,(H,21,24). The fourth-order valence-electron chi connectivity index (χ4n) is 3.43. The van der Waals surface area contributed by atoms with Gasteiger partial charge in [0.1, 0.15) is 15.5 Å². The van der Waals surface area contributed by atoms with Crippen molar-refractivity contribution >= 4 is 26.8 Å². The lowest BCUT2D eigenvalue weighted by molar-refractivity contribution is 0.0936. The Hall–Kier alpha value is -2.68. The van der Waals surface area contributed by atoms with Crippen LogP contribution in [0.5, 0.6) is 0 Å². The molecule has 0 saturated carbocycles. The molecule has 0 aliphatic carbocycles. The lowest BCUT2D eigenvalue weighted by Gasteiger charge is -2.23. The molecule has 1 N–H and O–H groups in total. The topological polar surface area (TPSA) is 107 Å². The molecule has 3 aromatic rings. The molecule has 9 heteroatoms. The summed E-state index contributed by atoms with van der Waals surface area (Å²) in [5, 5.41) is 8.03. The van der Waals surface area contributed by atoms with Gasteiger partial charge in [0.25, 0.3) is 5.91 Å². The Labute approximate surface area is 162 Å². The van der Waals surface area contributed by atoms with Crippen molar-refractivity contribution in [1.82, 2.24) is 20.1 Å². The summed E-state index contributed by atoms with van der Waals surface area (Å²) in [6.45, 7) is 3.99. The van der Waals surface area contributed by atoms with Gasteiger partial charge in [-0.05, 0) is 44.9 Å². The highest BCUT2D eigenvalue weighted by Crippen LogP contribution is 2.27. The summed E-state index contributed by atoms with van der Waals surface area (Å²) in [7, 11) is -2.98. The van der Waals surface area contributed by atoms with Gasteiger partial charge in [0.15, 0.2) is 11.4 Å². The van der Waals surface area contributed by atoms with Gasteiger partial charge in [0.2, 0.25) is 0 Å². The number of hydrogen-bond acceptors (Lipinski definition) is 6. The first-order valence-corrected chi connectivity index (χ1v) is 11.1. The fourth-order valence-corrected chi connectivity index (χ4v) is 4.92. The fraction of sp³-hybridized carbons (Fsp3) is 0.421. The highest BCUT2D eigenvalue weighted by molar-refractivity contribution is 7.91. The Morgan fingerprint density at radius 1 is 1.32 bits per heavy atom. The minimum Gasteiger partial charge on any atom is -0.463 e. The molecular weight excluding hydrogens is 380 g/mol. The molecule has 1 aliphatic rings. The Morgan fingerprint density at radius 3 is 2.71 bits per heavy atom. The molecule has 1 saturated heterocycles. The van der Waals surface area contributed by atoms with E-state index in [1.807, 2.05) is 13.8 Å². The first-order valence-electron chi connectivity index (χ1n) is 9.27. The number of nitrogens with zero attached hydrogens (tertiary/aromatic N) is 3. The van der Waals surface area contributed by atoms with Crippen LogP contribution < -0.4 is 5.32 Å². The van der Waals surface area contributed by atoms with Crippen molar-refractivity contribution in [3.63, 3.8) is 0 Å². The molecule has 0 unspecified atom stereocenters. The average molecular weight is 402 g/mol. The van der Waals surface area contributed by atoms with E-state index < -0.39 is 9.84 Å². The maximum atomic E-state index is 13.0. The van der Waals surface area contributed by atoms with Gasteiger partial charge >= 0.3 is 0 Å². The van der Waals surface area contributed by atoms with E-state index in [0.717, 1.165) is 0 Å². The number of furan rings is 1. The molecule has 3 aromatic heterocycles. The van der Waals surface area contributed by atoms with Gasteiger partial charge in [-0.1, -0.05) is 0 Å². The van der Waals surface area contributed by atoms with Crippen LogP contribution in [0.4, 0.5) is 0 Å². The van der Waals surface area contributed by atoms with Gasteiger partial charge in [-0.25, -0.2) is 18.1 Å². The van der Waals surface area contributed by atoms with E-state index in [-0.39, 0.29) is 29.5 Å². The van der Waals surface area contributed by atoms with Gasteiger partial charge in [0, 0.05) is 12.1 Å². The molecular formula is C19H22N4O4S. The third-order valence-corrected chi connectivity index (χ3v) is 6.68. The lowest BCUT2D eigenvalue weighted by Crippen LogP contribution is -2.40. The van der Waals surface area contributed by atoms with Crippen LogP contribution in [0.1, 0.15) is 43.1 Å². The number of pyridine rings is 1. The second-order valence-electron chi connectivity index (χ2n) is 7.35. The van der Waals surface area contributed by atoms with Gasteiger partial charge in [0.05, 0.1) is 34.9 Å². The maximum Gasteiger partial charge on any atom is 0.252 e. The van der Waals surface area contributed by atoms with Gasteiger partial charge in [-0.3, -0.25) is 4.79 Å². The Morgan fingerprint density at radius 2 is 2.07 bits per heavy atom. The van der Waals surface area contributed by atoms with Crippen molar-refractivity contribution < 1.29 is 17.6 Å². The zero-order valence-corrected chi connectivity index (χ0v) is 16.6. The first-order chi connectivity index (χ1) is 13.3. The Bertz CT molecular complexity index is 1100. The zero-order valence-electron chi connectivity index (χ0n) is 15.8. The molecule has 1 fully saturated rings. The largest absolute Gasteiger partial charge is 0.463 e. The van der Waals surface area contributed by atoms with Crippen LogP contribution in [-0.4, -0.2) is 46.6 Å². The molecule has 0 bridgehead atoms. The lowest BCUT2D eigenvalue weighted by atomic mass is 10.1. The molecule has 148 valence electrons. The van der Waals surface area contributed by atoms with Crippen molar-refractivity contribution in [2.45, 2.75) is 38.8 Å². The van der Waals surface area contributed by atoms with Crippen LogP contribution >= 0.6 is 0 Å². The monoisotopic (exact) mass is 402 g/mol. The van der Waals surface area contributed by atoms with E-state index >= 15 is 0 Å². The van der Waals surface area contributed by atoms with Crippen LogP contribution in [0.25, 0.3) is 22.5 Å². The molecule has 0 atom stereocenters. The molecule has 0 spiro atoms. The second kappa shape index (κ2) is 7.05. The van der Waals surface area contributed by atoms with Crippen LogP contribution in [0.2, 0.25) is 0 Å². The van der Waals surface area contributed by atoms with Gasteiger partial charge in [-0.2, -0.15) is 5.10 Å². The molecule has 1 amide bonds. The van der Waals surface area contributed by atoms with Gasteiger partial charge in [-0.15, -0.1) is 0 Å². The quantitative estimate of drug-likeness (QED) is 0.719. The summed E-state index contributed by atoms with van der Waals surface area (Å²) in [4.78, 5) is 17.7. The predicted molar refractivity (Wildman–Crippen MR) is 105 cm³/mol. The van der Waals surface area contributed by atoms with E-state index in [9.17, 15) is 13.2 Å². The normalized spacial score (nSPS) is 17.2. The molecule has 4 rings (SSSR count). The molecule has 0 aromatic carbocycles. The minimum atomic E-state index is -2.98. The second-order valence-corrected chi connectivity index (χ2v) is 9.66. The third kappa shape index (κ3) is 3.54. The number of hydrogen-bond donors (Lipinski definition) is 1. The minimum absolute atomic E-state index is 0.0799. The van der Waals surface area contributed by atoms with E-state index in [0.29, 0.717) is 40.9 Å². The molecule has 1 aliphatic heterocycles. The summed E-state index contributed by atoms with van der Waals surface area (Å²) in [5.41, 5.74) is 1.62. The van der Waals surface area contributed by atoms with E-state index in [4.69, 9.17) is 4.42 Å². The summed E-state index contributed by atoms with van der Waals surface area (Å²) in [6, 6.07) is 5.17. The molecule has 0 radical (unpaired) electrons. The van der Waals surface area contributed by atoms with Crippen LogP contribution in [0.3, 0.4) is 0 Å². The number of fused-ring (bicyclic) bond motifs is 1. The summed E-state index contributed by atoms with van der Waals surface area (Å²) >= 11 is 0. The van der Waals surface area contributed by atoms with E-state index in [2.05, 4.69) is 15.4 Å². The number of amides is 1. The first kappa shape index (κ1) is 18.7. The third-order valence-electron chi connectivity index (χ3n) is 4.96. The number of carbonyl (C=O) groups is 1. The Kier molecular flexibility index (Phi) is 4.70. The van der Waals surface area contributed by atoms with Crippen molar-refractivity contribution in [2.24, 2.45) is 0 Å². The van der Waals surface area contributed by atoms with Crippen LogP contribution in [-0.2, 0) is 9.84 Å². The Balaban J connectivity index is 1.72. The number of aromatic nitrogens is 3. The van der Waals surface area contributed by atoms with Crippen molar-refractivity contribution in [2.75, 3.05) is 11.5 Å². The number of sulfone groups is 1. The average Bonchev–Trinajstić information content (AvgIpc) is 3.32. The van der Waals surface area contributed by atoms with Crippen LogP contribution in [0, 0.1) is 0 Å². The van der Waals surface area contributed by atoms with Gasteiger partial charge < -0.3 is 9.73 Å². The highest BCUT2D eigenvalue weighted by atomic mass is 32.2. The highest BCUT2D eigenvalue weighted by Gasteiger charge is 2.26. The SMILES string of the molecule is CC(C)n1ncc2c(C(=O)NC3CCS(=O)(=O)CC3)cc(-c3ccco3)nc21. The number of nitrogens with one attached hydrogen (secondary N) is 1. The van der Waals surface area contributed by atoms with Crippen molar-refractivity contribution in [3.05, 3.63) is 36.2 Å². The van der Waals surface area contributed by atoms with Crippen molar-refractivity contribution in [3.8, 4) is 11.5 Å².